The third-order valence-electron chi connectivity index (χ3n) is 2.07. The van der Waals surface area contributed by atoms with Gasteiger partial charge in [-0.25, -0.2) is 0 Å². The fourth-order valence-electron chi connectivity index (χ4n) is 0.867. The van der Waals surface area contributed by atoms with Gasteiger partial charge in [0.25, 0.3) is 0 Å². The van der Waals surface area contributed by atoms with Crippen LogP contribution in [0.1, 0.15) is 20.3 Å². The number of rotatable bonds is 5. The second-order valence-electron chi connectivity index (χ2n) is 3.67. The van der Waals surface area contributed by atoms with Gasteiger partial charge in [-0.15, -0.1) is 0 Å². The van der Waals surface area contributed by atoms with Crippen molar-refractivity contribution in [2.75, 3.05) is 33.8 Å². The Morgan fingerprint density at radius 3 is 2.42 bits per heavy atom. The lowest BCUT2D eigenvalue weighted by atomic mass is 10.3. The number of hydrogen-bond acceptors (Lipinski definition) is 2. The molecule has 0 aromatic heterocycles. The Bertz CT molecular complexity index is 143. The molecule has 3 nitrogen and oxygen atoms in total. The van der Waals surface area contributed by atoms with Gasteiger partial charge >= 0.3 is 5.97 Å². The molecule has 0 N–H and O–H groups in total. The molecule has 0 aromatic rings. The van der Waals surface area contributed by atoms with E-state index < -0.39 is 0 Å². The SMILES string of the molecule is CC[N+](C)(C)CCCOC(C)=O. The molecule has 0 aromatic carbocycles. The van der Waals surface area contributed by atoms with E-state index in [4.69, 9.17) is 4.74 Å². The number of carbonyl (C=O) groups excluding carboxylic acids is 1. The van der Waals surface area contributed by atoms with Crippen molar-refractivity contribution in [1.29, 1.82) is 0 Å². The number of carbonyl (C=O) groups is 1. The zero-order valence-corrected chi connectivity index (χ0v) is 8.59. The maximum atomic E-state index is 10.4. The van der Waals surface area contributed by atoms with Crippen molar-refractivity contribution in [2.24, 2.45) is 0 Å². The highest BCUT2D eigenvalue weighted by atomic mass is 16.5. The lowest BCUT2D eigenvalue weighted by Crippen LogP contribution is -2.40. The fraction of sp³-hybridized carbons (Fsp3) is 0.889. The van der Waals surface area contributed by atoms with Crippen LogP contribution in [0.4, 0.5) is 0 Å². The number of nitrogens with zero attached hydrogens (tertiary/aromatic N) is 1. The van der Waals surface area contributed by atoms with Crippen LogP contribution in [-0.4, -0.2) is 44.2 Å². The molecule has 0 saturated heterocycles. The Hall–Kier alpha value is -0.570. The number of quaternary nitrogens is 1. The zero-order valence-electron chi connectivity index (χ0n) is 8.59. The molecule has 0 spiro atoms. The van der Waals surface area contributed by atoms with E-state index in [2.05, 4.69) is 21.0 Å². The van der Waals surface area contributed by atoms with Gasteiger partial charge in [0, 0.05) is 13.3 Å². The summed E-state index contributed by atoms with van der Waals surface area (Å²) in [4.78, 5) is 10.4. The van der Waals surface area contributed by atoms with Crippen LogP contribution in [0.3, 0.4) is 0 Å². The summed E-state index contributed by atoms with van der Waals surface area (Å²) in [7, 11) is 4.35. The average Bonchev–Trinajstić information content (AvgIpc) is 1.98. The molecular weight excluding hydrogens is 154 g/mol. The van der Waals surface area contributed by atoms with Crippen molar-refractivity contribution in [3.05, 3.63) is 0 Å². The third-order valence-corrected chi connectivity index (χ3v) is 2.07. The molecule has 0 saturated carbocycles. The van der Waals surface area contributed by atoms with E-state index in [1.807, 2.05) is 0 Å². The Kier molecular flexibility index (Phi) is 4.90. The first-order chi connectivity index (χ1) is 5.48. The van der Waals surface area contributed by atoms with Gasteiger partial charge < -0.3 is 9.22 Å². The molecule has 0 amide bonds. The van der Waals surface area contributed by atoms with E-state index in [1.165, 1.54) is 6.92 Å². The van der Waals surface area contributed by atoms with Crippen molar-refractivity contribution < 1.29 is 14.0 Å². The van der Waals surface area contributed by atoms with Crippen LogP contribution in [0.2, 0.25) is 0 Å². The lowest BCUT2D eigenvalue weighted by Gasteiger charge is -2.27. The van der Waals surface area contributed by atoms with Gasteiger partial charge in [0.2, 0.25) is 0 Å². The first-order valence-corrected chi connectivity index (χ1v) is 4.43. The Balaban J connectivity index is 3.37. The van der Waals surface area contributed by atoms with Crippen LogP contribution >= 0.6 is 0 Å². The first-order valence-electron chi connectivity index (χ1n) is 4.43. The van der Waals surface area contributed by atoms with Crippen molar-refractivity contribution in [3.63, 3.8) is 0 Å². The molecular formula is C9H20NO2+. The lowest BCUT2D eigenvalue weighted by molar-refractivity contribution is -0.888. The second-order valence-corrected chi connectivity index (χ2v) is 3.67. The summed E-state index contributed by atoms with van der Waals surface area (Å²) in [5.74, 6) is -0.184. The molecule has 0 aliphatic carbocycles. The van der Waals surface area contributed by atoms with Crippen LogP contribution in [0, 0.1) is 0 Å². The van der Waals surface area contributed by atoms with Gasteiger partial charge in [-0.1, -0.05) is 0 Å². The second kappa shape index (κ2) is 5.14. The highest BCUT2D eigenvalue weighted by Gasteiger charge is 2.10. The molecule has 0 unspecified atom stereocenters. The van der Waals surface area contributed by atoms with E-state index in [1.54, 1.807) is 0 Å². The molecule has 0 rings (SSSR count). The van der Waals surface area contributed by atoms with Crippen molar-refractivity contribution in [2.45, 2.75) is 20.3 Å². The number of hydrogen-bond donors (Lipinski definition) is 0. The van der Waals surface area contributed by atoms with Crippen molar-refractivity contribution in [3.8, 4) is 0 Å². The first kappa shape index (κ1) is 11.4. The Morgan fingerprint density at radius 1 is 1.42 bits per heavy atom. The van der Waals surface area contributed by atoms with Gasteiger partial charge in [0.1, 0.15) is 0 Å². The normalized spacial score (nSPS) is 11.3. The van der Waals surface area contributed by atoms with E-state index in [9.17, 15) is 4.79 Å². The summed E-state index contributed by atoms with van der Waals surface area (Å²) in [5.41, 5.74) is 0. The van der Waals surface area contributed by atoms with Crippen LogP contribution < -0.4 is 0 Å². The quantitative estimate of drug-likeness (QED) is 0.353. The predicted octanol–water partition coefficient (Wildman–Crippen LogP) is 1.04. The molecule has 0 fully saturated rings. The van der Waals surface area contributed by atoms with Crippen molar-refractivity contribution in [1.82, 2.24) is 0 Å². The van der Waals surface area contributed by atoms with Gasteiger partial charge in [0.05, 0.1) is 33.8 Å². The smallest absolute Gasteiger partial charge is 0.302 e. The zero-order chi connectivity index (χ0) is 9.61. The largest absolute Gasteiger partial charge is 0.466 e. The van der Waals surface area contributed by atoms with Crippen LogP contribution in [0.25, 0.3) is 0 Å². The summed E-state index contributed by atoms with van der Waals surface area (Å²) in [5, 5.41) is 0. The molecule has 0 radical (unpaired) electrons. The molecule has 0 aliphatic heterocycles. The Labute approximate surface area is 74.9 Å². The summed E-state index contributed by atoms with van der Waals surface area (Å²) < 4.78 is 5.82. The highest BCUT2D eigenvalue weighted by Crippen LogP contribution is 1.98. The molecule has 0 bridgehead atoms. The maximum absolute atomic E-state index is 10.4. The molecule has 0 aliphatic rings. The number of esters is 1. The van der Waals surface area contributed by atoms with Gasteiger partial charge in [0.15, 0.2) is 0 Å². The minimum absolute atomic E-state index is 0.184. The molecule has 0 heterocycles. The third kappa shape index (κ3) is 6.16. The minimum atomic E-state index is -0.184. The summed E-state index contributed by atoms with van der Waals surface area (Å²) in [6.45, 7) is 6.33. The molecule has 0 atom stereocenters. The van der Waals surface area contributed by atoms with Gasteiger partial charge in [-0.3, -0.25) is 4.79 Å². The summed E-state index contributed by atoms with van der Waals surface area (Å²) in [6, 6.07) is 0. The monoisotopic (exact) mass is 174 g/mol. The van der Waals surface area contributed by atoms with Crippen molar-refractivity contribution >= 4 is 5.97 Å². The predicted molar refractivity (Wildman–Crippen MR) is 48.8 cm³/mol. The maximum Gasteiger partial charge on any atom is 0.302 e. The van der Waals surface area contributed by atoms with Crippen LogP contribution in [0.5, 0.6) is 0 Å². The van der Waals surface area contributed by atoms with E-state index in [0.717, 1.165) is 24.0 Å². The van der Waals surface area contributed by atoms with E-state index >= 15 is 0 Å². The molecule has 72 valence electrons. The fourth-order valence-corrected chi connectivity index (χ4v) is 0.867. The van der Waals surface area contributed by atoms with Crippen LogP contribution in [-0.2, 0) is 9.53 Å². The minimum Gasteiger partial charge on any atom is -0.466 e. The topological polar surface area (TPSA) is 26.3 Å². The molecule has 12 heavy (non-hydrogen) atoms. The van der Waals surface area contributed by atoms with E-state index in [0.29, 0.717) is 6.61 Å². The summed E-state index contributed by atoms with van der Waals surface area (Å²) >= 11 is 0. The molecule has 3 heteroatoms. The Morgan fingerprint density at radius 2 is 2.00 bits per heavy atom. The van der Waals surface area contributed by atoms with E-state index in [-0.39, 0.29) is 5.97 Å². The summed E-state index contributed by atoms with van der Waals surface area (Å²) in [6.07, 6.45) is 0.945. The van der Waals surface area contributed by atoms with Crippen LogP contribution in [0.15, 0.2) is 0 Å². The average molecular weight is 174 g/mol. The van der Waals surface area contributed by atoms with Gasteiger partial charge in [-0.05, 0) is 6.92 Å². The van der Waals surface area contributed by atoms with Gasteiger partial charge in [-0.2, -0.15) is 0 Å². The number of ether oxygens (including phenoxy) is 1. The standard InChI is InChI=1S/C9H20NO2/c1-5-10(3,4)7-6-8-12-9(2)11/h5-8H2,1-4H3/q+1. The highest BCUT2D eigenvalue weighted by molar-refractivity contribution is 5.65.